The second kappa shape index (κ2) is 16.5. The first-order valence-electron chi connectivity index (χ1n) is 14.6. The van der Waals surface area contributed by atoms with Gasteiger partial charge >= 0.3 is 0 Å². The average molecular weight is 583 g/mol. The average Bonchev–Trinajstić information content (AvgIpc) is 3.18. The van der Waals surface area contributed by atoms with E-state index in [9.17, 15) is 14.7 Å². The monoisotopic (exact) mass is 581 g/mol. The molecule has 0 spiro atoms. The Bertz CT molecular complexity index is 1030. The Labute approximate surface area is 237 Å². The van der Waals surface area contributed by atoms with Crippen molar-refractivity contribution in [1.82, 2.24) is 4.90 Å². The first-order valence-corrected chi connectivity index (χ1v) is 15.4. The number of carbonyl (C=O) groups is 2. The Hall–Kier alpha value is -2.40. The van der Waals surface area contributed by atoms with Crippen LogP contribution in [0.5, 0.6) is 0 Å². The number of aliphatic hydroxyl groups is 1. The van der Waals surface area contributed by atoms with E-state index >= 15 is 0 Å². The van der Waals surface area contributed by atoms with Gasteiger partial charge in [-0.15, -0.1) is 0 Å². The number of ketones is 1. The van der Waals surface area contributed by atoms with E-state index in [0.717, 1.165) is 29.3 Å². The number of amides is 1. The van der Waals surface area contributed by atoms with Crippen molar-refractivity contribution in [1.29, 1.82) is 0 Å². The van der Waals surface area contributed by atoms with E-state index in [1.54, 1.807) is 17.0 Å². The predicted molar refractivity (Wildman–Crippen MR) is 160 cm³/mol. The minimum atomic E-state index is -0.607. The summed E-state index contributed by atoms with van der Waals surface area (Å²) >= 11 is 3.47. The van der Waals surface area contributed by atoms with Gasteiger partial charge in [-0.25, -0.2) is 0 Å². The number of nitrogens with zero attached hydrogens (tertiary/aromatic N) is 1. The van der Waals surface area contributed by atoms with Crippen LogP contribution < -0.4 is 0 Å². The largest absolute Gasteiger partial charge is 0.507 e. The van der Waals surface area contributed by atoms with Crippen LogP contribution in [0.4, 0.5) is 0 Å². The molecule has 0 bridgehead atoms. The molecule has 2 aromatic carbocycles. The first kappa shape index (κ1) is 30.1. The number of rotatable bonds is 17. The zero-order valence-electron chi connectivity index (χ0n) is 23.0. The maximum atomic E-state index is 13.1. The van der Waals surface area contributed by atoms with Gasteiger partial charge in [0.25, 0.3) is 11.7 Å². The summed E-state index contributed by atoms with van der Waals surface area (Å²) in [5.41, 5.74) is 1.55. The lowest BCUT2D eigenvalue weighted by atomic mass is 9.95. The molecule has 1 unspecified atom stereocenters. The van der Waals surface area contributed by atoms with E-state index < -0.39 is 17.7 Å². The van der Waals surface area contributed by atoms with Gasteiger partial charge in [-0.05, 0) is 24.1 Å². The quantitative estimate of drug-likeness (QED) is 0.0875. The topological polar surface area (TPSA) is 57.6 Å². The van der Waals surface area contributed by atoms with Gasteiger partial charge in [0.2, 0.25) is 0 Å². The van der Waals surface area contributed by atoms with Crippen LogP contribution in [-0.4, -0.2) is 28.2 Å². The fourth-order valence-corrected chi connectivity index (χ4v) is 5.59. The molecule has 1 heterocycles. The molecule has 38 heavy (non-hydrogen) atoms. The van der Waals surface area contributed by atoms with Crippen molar-refractivity contribution >= 4 is 33.4 Å². The second-order valence-electron chi connectivity index (χ2n) is 10.5. The number of unbranched alkanes of at least 4 members (excludes halogenated alkanes) is 13. The third kappa shape index (κ3) is 8.83. The second-order valence-corrected chi connectivity index (χ2v) is 11.4. The van der Waals surface area contributed by atoms with Crippen molar-refractivity contribution in [3.8, 4) is 0 Å². The maximum absolute atomic E-state index is 13.1. The van der Waals surface area contributed by atoms with Gasteiger partial charge in [0, 0.05) is 16.6 Å². The highest BCUT2D eigenvalue weighted by molar-refractivity contribution is 9.10. The standard InChI is InChI=1S/C33H44BrNO3/c1-2-3-4-5-6-7-8-9-10-11-12-13-14-18-25-35-30(26-21-23-28(34)24-22-26)29(32(37)33(35)38)31(36)27-19-16-15-17-20-27/h15-17,19-24,30,36H,2-14,18,25H2,1H3/b31-29+. The van der Waals surface area contributed by atoms with Gasteiger partial charge in [0.1, 0.15) is 5.76 Å². The van der Waals surface area contributed by atoms with Crippen LogP contribution in [0.1, 0.15) is 114 Å². The van der Waals surface area contributed by atoms with Crippen molar-refractivity contribution in [3.63, 3.8) is 0 Å². The molecule has 1 amide bonds. The van der Waals surface area contributed by atoms with E-state index in [-0.39, 0.29) is 11.3 Å². The maximum Gasteiger partial charge on any atom is 0.295 e. The summed E-state index contributed by atoms with van der Waals surface area (Å²) in [5.74, 6) is -1.24. The lowest BCUT2D eigenvalue weighted by molar-refractivity contribution is -0.139. The fourth-order valence-electron chi connectivity index (χ4n) is 5.33. The molecule has 0 aliphatic carbocycles. The molecule has 1 fully saturated rings. The van der Waals surface area contributed by atoms with E-state index in [4.69, 9.17) is 0 Å². The van der Waals surface area contributed by atoms with E-state index in [1.165, 1.54) is 70.6 Å². The molecule has 3 rings (SSSR count). The molecule has 2 aromatic rings. The van der Waals surface area contributed by atoms with Crippen LogP contribution in [0.2, 0.25) is 0 Å². The van der Waals surface area contributed by atoms with Gasteiger partial charge in [-0.1, -0.05) is 149 Å². The van der Waals surface area contributed by atoms with Crippen LogP contribution in [0, 0.1) is 0 Å². The Balaban J connectivity index is 1.50. The van der Waals surface area contributed by atoms with E-state index in [2.05, 4.69) is 22.9 Å². The van der Waals surface area contributed by atoms with Crippen LogP contribution in [0.15, 0.2) is 64.6 Å². The summed E-state index contributed by atoms with van der Waals surface area (Å²) in [4.78, 5) is 27.9. The number of hydrogen-bond donors (Lipinski definition) is 1. The number of hydrogen-bond acceptors (Lipinski definition) is 3. The molecule has 1 saturated heterocycles. The van der Waals surface area contributed by atoms with Gasteiger partial charge in [-0.2, -0.15) is 0 Å². The van der Waals surface area contributed by atoms with Crippen molar-refractivity contribution in [2.45, 2.75) is 103 Å². The first-order chi connectivity index (χ1) is 18.5. The van der Waals surface area contributed by atoms with Crippen LogP contribution in [0.25, 0.3) is 5.76 Å². The number of carbonyl (C=O) groups excluding carboxylic acids is 2. The molecule has 4 nitrogen and oxygen atoms in total. The predicted octanol–water partition coefficient (Wildman–Crippen LogP) is 9.35. The van der Waals surface area contributed by atoms with Crippen molar-refractivity contribution in [3.05, 3.63) is 75.8 Å². The summed E-state index contributed by atoms with van der Waals surface area (Å²) in [7, 11) is 0. The van der Waals surface area contributed by atoms with Gasteiger partial charge < -0.3 is 10.0 Å². The highest BCUT2D eigenvalue weighted by Gasteiger charge is 2.45. The number of aliphatic hydroxyl groups excluding tert-OH is 1. The van der Waals surface area contributed by atoms with E-state index in [0.29, 0.717) is 12.1 Å². The Morgan fingerprint density at radius 2 is 1.24 bits per heavy atom. The highest BCUT2D eigenvalue weighted by atomic mass is 79.9. The van der Waals surface area contributed by atoms with Crippen LogP contribution in [0.3, 0.4) is 0 Å². The van der Waals surface area contributed by atoms with Crippen molar-refractivity contribution < 1.29 is 14.7 Å². The molecular formula is C33H44BrNO3. The van der Waals surface area contributed by atoms with Crippen molar-refractivity contribution in [2.75, 3.05) is 6.54 Å². The van der Waals surface area contributed by atoms with Gasteiger partial charge in [0.15, 0.2) is 0 Å². The molecule has 0 saturated carbocycles. The smallest absolute Gasteiger partial charge is 0.295 e. The van der Waals surface area contributed by atoms with Gasteiger partial charge in [-0.3, -0.25) is 9.59 Å². The molecule has 0 radical (unpaired) electrons. The molecule has 0 aromatic heterocycles. The normalized spacial score (nSPS) is 16.9. The van der Waals surface area contributed by atoms with Crippen LogP contribution in [-0.2, 0) is 9.59 Å². The summed E-state index contributed by atoms with van der Waals surface area (Å²) in [6, 6.07) is 16.1. The Morgan fingerprint density at radius 1 is 0.737 bits per heavy atom. The molecular weight excluding hydrogens is 538 g/mol. The zero-order chi connectivity index (χ0) is 27.2. The number of likely N-dealkylation sites (tertiary alicyclic amines) is 1. The SMILES string of the molecule is CCCCCCCCCCCCCCCCN1C(=O)C(=O)/C(=C(/O)c2ccccc2)C1c1ccc(Br)cc1. The van der Waals surface area contributed by atoms with E-state index in [1.807, 2.05) is 42.5 Å². The summed E-state index contributed by atoms with van der Waals surface area (Å²) < 4.78 is 0.924. The molecule has 1 aliphatic rings. The number of Topliss-reactive ketones (excluding diaryl/α,β-unsaturated/α-hetero) is 1. The Kier molecular flexibility index (Phi) is 13.1. The molecule has 206 valence electrons. The Morgan fingerprint density at radius 3 is 1.76 bits per heavy atom. The highest BCUT2D eigenvalue weighted by Crippen LogP contribution is 2.39. The summed E-state index contributed by atoms with van der Waals surface area (Å²) in [6.45, 7) is 2.77. The number of benzene rings is 2. The summed E-state index contributed by atoms with van der Waals surface area (Å²) in [5, 5.41) is 11.1. The lowest BCUT2D eigenvalue weighted by Gasteiger charge is -2.25. The zero-order valence-corrected chi connectivity index (χ0v) is 24.6. The molecule has 5 heteroatoms. The molecule has 1 aliphatic heterocycles. The molecule has 1 atom stereocenters. The summed E-state index contributed by atoms with van der Waals surface area (Å²) in [6.07, 6.45) is 17.8. The minimum Gasteiger partial charge on any atom is -0.507 e. The molecule has 1 N–H and O–H groups in total. The fraction of sp³-hybridized carbons (Fsp3) is 0.515. The third-order valence-electron chi connectivity index (χ3n) is 7.53. The van der Waals surface area contributed by atoms with Crippen LogP contribution >= 0.6 is 15.9 Å². The third-order valence-corrected chi connectivity index (χ3v) is 8.05. The lowest BCUT2D eigenvalue weighted by Crippen LogP contribution is -2.30. The van der Waals surface area contributed by atoms with Gasteiger partial charge in [0.05, 0.1) is 11.6 Å². The minimum absolute atomic E-state index is 0.111. The van der Waals surface area contributed by atoms with Crippen molar-refractivity contribution in [2.24, 2.45) is 0 Å². The number of halogens is 1.